The summed E-state index contributed by atoms with van der Waals surface area (Å²) in [6, 6.07) is 3.45. The summed E-state index contributed by atoms with van der Waals surface area (Å²) in [6.45, 7) is 2.97. The summed E-state index contributed by atoms with van der Waals surface area (Å²) < 4.78 is 28.2. The van der Waals surface area contributed by atoms with Crippen LogP contribution in [0, 0.1) is 12.8 Å². The second kappa shape index (κ2) is 6.44. The molecule has 1 aromatic rings. The average molecular weight is 427 g/mol. The second-order valence-corrected chi connectivity index (χ2v) is 8.68. The smallest absolute Gasteiger partial charge is 0.244 e. The Hall–Kier alpha value is 0.0500. The van der Waals surface area contributed by atoms with Crippen LogP contribution in [-0.2, 0) is 10.0 Å². The van der Waals surface area contributed by atoms with Gasteiger partial charge in [-0.1, -0.05) is 15.9 Å². The molecule has 20 heavy (non-hydrogen) atoms. The summed E-state index contributed by atoms with van der Waals surface area (Å²) in [5, 5.41) is 9.13. The molecule has 0 aliphatic carbocycles. The van der Waals surface area contributed by atoms with Crippen LogP contribution in [0.15, 0.2) is 26.0 Å². The third kappa shape index (κ3) is 3.27. The average Bonchev–Trinajstić information content (AvgIpc) is 2.42. The first kappa shape index (κ1) is 16.4. The van der Waals surface area contributed by atoms with E-state index in [1.165, 1.54) is 4.31 Å². The summed E-state index contributed by atoms with van der Waals surface area (Å²) in [7, 11) is -3.49. The molecule has 0 amide bonds. The minimum absolute atomic E-state index is 0.133. The molecule has 1 saturated heterocycles. The van der Waals surface area contributed by atoms with Crippen LogP contribution in [0.5, 0.6) is 0 Å². The lowest BCUT2D eigenvalue weighted by molar-refractivity contribution is 0.170. The first-order valence-electron chi connectivity index (χ1n) is 6.43. The molecule has 0 aromatic heterocycles. The lowest BCUT2D eigenvalue weighted by Gasteiger charge is -2.30. The normalized spacial score (nSPS) is 18.4. The highest BCUT2D eigenvalue weighted by molar-refractivity contribution is 9.11. The second-order valence-electron chi connectivity index (χ2n) is 5.06. The van der Waals surface area contributed by atoms with Crippen LogP contribution < -0.4 is 0 Å². The Bertz CT molecular complexity index is 596. The molecule has 0 saturated carbocycles. The summed E-state index contributed by atoms with van der Waals surface area (Å²) in [5.41, 5.74) is 0.981. The molecule has 4 nitrogen and oxygen atoms in total. The molecule has 2 rings (SSSR count). The van der Waals surface area contributed by atoms with Gasteiger partial charge in [0, 0.05) is 28.6 Å². The largest absolute Gasteiger partial charge is 0.396 e. The highest BCUT2D eigenvalue weighted by Gasteiger charge is 2.30. The van der Waals surface area contributed by atoms with E-state index in [4.69, 9.17) is 5.11 Å². The van der Waals surface area contributed by atoms with Crippen LogP contribution >= 0.6 is 31.9 Å². The molecule has 112 valence electrons. The van der Waals surface area contributed by atoms with E-state index in [9.17, 15) is 8.42 Å². The number of piperidine rings is 1. The Kier molecular flexibility index (Phi) is 5.29. The summed E-state index contributed by atoms with van der Waals surface area (Å²) >= 11 is 6.72. The van der Waals surface area contributed by atoms with Crippen molar-refractivity contribution in [3.05, 3.63) is 26.6 Å². The molecule has 0 unspecified atom stereocenters. The molecule has 0 atom stereocenters. The number of aliphatic hydroxyl groups is 1. The predicted octanol–water partition coefficient (Wildman–Crippen LogP) is 2.91. The number of sulfonamides is 1. The fourth-order valence-electron chi connectivity index (χ4n) is 2.30. The van der Waals surface area contributed by atoms with Gasteiger partial charge in [-0.25, -0.2) is 8.42 Å². The van der Waals surface area contributed by atoms with Gasteiger partial charge in [0.25, 0.3) is 0 Å². The van der Waals surface area contributed by atoms with Crippen LogP contribution in [0.4, 0.5) is 0 Å². The van der Waals surface area contributed by atoms with E-state index in [-0.39, 0.29) is 17.4 Å². The standard InChI is InChI=1S/C13H17Br2NO3S/c1-9-6-12(15)13(7-11(9)14)20(18,19)16-4-2-10(8-17)3-5-16/h6-7,10,17H,2-5,8H2,1H3. The SMILES string of the molecule is Cc1cc(Br)c(S(=O)(=O)N2CCC(CO)CC2)cc1Br. The number of nitrogens with zero attached hydrogens (tertiary/aromatic N) is 1. The zero-order chi connectivity index (χ0) is 14.9. The fourth-order valence-corrected chi connectivity index (χ4v) is 5.41. The molecule has 0 radical (unpaired) electrons. The quantitative estimate of drug-likeness (QED) is 0.808. The van der Waals surface area contributed by atoms with Crippen molar-refractivity contribution in [2.75, 3.05) is 19.7 Å². The highest BCUT2D eigenvalue weighted by atomic mass is 79.9. The maximum absolute atomic E-state index is 12.7. The number of aryl methyl sites for hydroxylation is 1. The number of rotatable bonds is 3. The molecule has 1 aliphatic rings. The van der Waals surface area contributed by atoms with Gasteiger partial charge in [-0.05, 0) is 59.3 Å². The highest BCUT2D eigenvalue weighted by Crippen LogP contribution is 2.32. The molecule has 0 bridgehead atoms. The van der Waals surface area contributed by atoms with E-state index in [1.807, 2.05) is 6.92 Å². The third-order valence-electron chi connectivity index (χ3n) is 3.66. The van der Waals surface area contributed by atoms with Gasteiger partial charge in [-0.15, -0.1) is 0 Å². The maximum atomic E-state index is 12.7. The van der Waals surface area contributed by atoms with Crippen molar-refractivity contribution in [2.45, 2.75) is 24.7 Å². The Balaban J connectivity index is 2.30. The van der Waals surface area contributed by atoms with Crippen molar-refractivity contribution in [2.24, 2.45) is 5.92 Å². The van der Waals surface area contributed by atoms with Crippen molar-refractivity contribution in [1.29, 1.82) is 0 Å². The van der Waals surface area contributed by atoms with E-state index in [1.54, 1.807) is 12.1 Å². The molecule has 1 heterocycles. The van der Waals surface area contributed by atoms with Gasteiger partial charge in [0.05, 0.1) is 4.90 Å². The van der Waals surface area contributed by atoms with Crippen LogP contribution in [-0.4, -0.2) is 37.5 Å². The minimum Gasteiger partial charge on any atom is -0.396 e. The van der Waals surface area contributed by atoms with E-state index in [0.717, 1.165) is 10.0 Å². The molecule has 7 heteroatoms. The van der Waals surface area contributed by atoms with E-state index in [0.29, 0.717) is 30.4 Å². The number of hydrogen-bond acceptors (Lipinski definition) is 3. The Morgan fingerprint density at radius 3 is 2.40 bits per heavy atom. The fraction of sp³-hybridized carbons (Fsp3) is 0.538. The summed E-state index contributed by atoms with van der Waals surface area (Å²) in [6.07, 6.45) is 1.42. The van der Waals surface area contributed by atoms with Gasteiger partial charge < -0.3 is 5.11 Å². The summed E-state index contributed by atoms with van der Waals surface area (Å²) in [5.74, 6) is 0.217. The number of benzene rings is 1. The molecule has 1 aliphatic heterocycles. The molecular formula is C13H17Br2NO3S. The van der Waals surface area contributed by atoms with Crippen molar-refractivity contribution < 1.29 is 13.5 Å². The van der Waals surface area contributed by atoms with Crippen LogP contribution in [0.25, 0.3) is 0 Å². The van der Waals surface area contributed by atoms with Gasteiger partial charge in [0.1, 0.15) is 0 Å². The van der Waals surface area contributed by atoms with Crippen molar-refractivity contribution >= 4 is 41.9 Å². The van der Waals surface area contributed by atoms with Gasteiger partial charge in [0.15, 0.2) is 0 Å². The van der Waals surface area contributed by atoms with Gasteiger partial charge >= 0.3 is 0 Å². The van der Waals surface area contributed by atoms with E-state index < -0.39 is 10.0 Å². The van der Waals surface area contributed by atoms with Crippen LogP contribution in [0.1, 0.15) is 18.4 Å². The molecule has 1 fully saturated rings. The Morgan fingerprint density at radius 2 is 1.85 bits per heavy atom. The first-order valence-corrected chi connectivity index (χ1v) is 9.45. The Labute approximate surface area is 136 Å². The first-order chi connectivity index (χ1) is 9.36. The zero-order valence-corrected chi connectivity index (χ0v) is 15.1. The maximum Gasteiger partial charge on any atom is 0.244 e. The molecule has 1 aromatic carbocycles. The molecule has 0 spiro atoms. The van der Waals surface area contributed by atoms with Crippen molar-refractivity contribution in [3.63, 3.8) is 0 Å². The zero-order valence-electron chi connectivity index (χ0n) is 11.1. The van der Waals surface area contributed by atoms with Crippen LogP contribution in [0.2, 0.25) is 0 Å². The third-order valence-corrected chi connectivity index (χ3v) is 7.37. The minimum atomic E-state index is -3.49. The Morgan fingerprint density at radius 1 is 1.25 bits per heavy atom. The van der Waals surface area contributed by atoms with Crippen LogP contribution in [0.3, 0.4) is 0 Å². The monoisotopic (exact) mass is 425 g/mol. The van der Waals surface area contributed by atoms with E-state index in [2.05, 4.69) is 31.9 Å². The topological polar surface area (TPSA) is 57.6 Å². The van der Waals surface area contributed by atoms with Crippen molar-refractivity contribution in [1.82, 2.24) is 4.31 Å². The lowest BCUT2D eigenvalue weighted by atomic mass is 10.00. The predicted molar refractivity (Wildman–Crippen MR) is 85.1 cm³/mol. The number of aliphatic hydroxyl groups excluding tert-OH is 1. The number of hydrogen-bond donors (Lipinski definition) is 1. The van der Waals surface area contributed by atoms with Gasteiger partial charge in [-0.3, -0.25) is 0 Å². The van der Waals surface area contributed by atoms with Gasteiger partial charge in [-0.2, -0.15) is 4.31 Å². The summed E-state index contributed by atoms with van der Waals surface area (Å²) in [4.78, 5) is 0.289. The van der Waals surface area contributed by atoms with E-state index >= 15 is 0 Å². The molecule has 1 N–H and O–H groups in total. The van der Waals surface area contributed by atoms with Gasteiger partial charge in [0.2, 0.25) is 10.0 Å². The lowest BCUT2D eigenvalue weighted by Crippen LogP contribution is -2.39. The van der Waals surface area contributed by atoms with Crippen molar-refractivity contribution in [3.8, 4) is 0 Å². The number of halogens is 2. The molecular weight excluding hydrogens is 410 g/mol.